The van der Waals surface area contributed by atoms with Gasteiger partial charge in [-0.3, -0.25) is 4.79 Å². The highest BCUT2D eigenvalue weighted by atomic mass is 19.1. The molecule has 0 aliphatic heterocycles. The van der Waals surface area contributed by atoms with Crippen LogP contribution in [0.5, 0.6) is 0 Å². The monoisotopic (exact) mass is 456 g/mol. The van der Waals surface area contributed by atoms with Crippen molar-refractivity contribution in [3.8, 4) is 22.5 Å². The van der Waals surface area contributed by atoms with Crippen molar-refractivity contribution < 1.29 is 13.9 Å². The Bertz CT molecular complexity index is 1420. The molecule has 5 nitrogen and oxygen atoms in total. The van der Waals surface area contributed by atoms with Gasteiger partial charge in [0.25, 0.3) is 5.56 Å². The van der Waals surface area contributed by atoms with E-state index in [1.807, 2.05) is 60.9 Å². The molecule has 6 heteroatoms. The number of halogens is 1. The maximum absolute atomic E-state index is 13.5. The van der Waals surface area contributed by atoms with Crippen molar-refractivity contribution in [3.05, 3.63) is 105 Å². The van der Waals surface area contributed by atoms with Crippen LogP contribution in [0.15, 0.2) is 71.5 Å². The van der Waals surface area contributed by atoms with Crippen molar-refractivity contribution in [3.63, 3.8) is 0 Å². The molecule has 5 rings (SSSR count). The summed E-state index contributed by atoms with van der Waals surface area (Å²) < 4.78 is 20.9. The lowest BCUT2D eigenvalue weighted by molar-refractivity contribution is 0.0366. The summed E-state index contributed by atoms with van der Waals surface area (Å²) in [6.45, 7) is 3.96. The molecule has 2 aromatic heterocycles. The molecule has 2 heterocycles. The molecule has 0 fully saturated rings. The van der Waals surface area contributed by atoms with Crippen LogP contribution in [-0.2, 0) is 24.1 Å². The van der Waals surface area contributed by atoms with Crippen LogP contribution in [0.25, 0.3) is 22.5 Å². The zero-order chi connectivity index (χ0) is 23.8. The molecule has 1 aliphatic rings. The van der Waals surface area contributed by atoms with E-state index in [0.29, 0.717) is 17.8 Å². The largest absolute Gasteiger partial charge is 0.458 e. The summed E-state index contributed by atoms with van der Waals surface area (Å²) in [6.07, 6.45) is 1.22. The SMILES string of the molecule is CC(C)OC(=O)c1cc2c(n1Cc1ccc(F)cc1)-c1[nH]c(=O)c(-c3ccccc3)cc1CC2. The van der Waals surface area contributed by atoms with E-state index in [1.165, 1.54) is 12.1 Å². The Labute approximate surface area is 196 Å². The van der Waals surface area contributed by atoms with E-state index in [1.54, 1.807) is 12.1 Å². The highest BCUT2D eigenvalue weighted by molar-refractivity contribution is 5.90. The van der Waals surface area contributed by atoms with Gasteiger partial charge in [0, 0.05) is 12.1 Å². The Morgan fingerprint density at radius 1 is 1.03 bits per heavy atom. The molecule has 1 aliphatic carbocycles. The van der Waals surface area contributed by atoms with E-state index in [9.17, 15) is 14.0 Å². The van der Waals surface area contributed by atoms with E-state index >= 15 is 0 Å². The third-order valence-electron chi connectivity index (χ3n) is 6.09. The number of nitrogens with zero attached hydrogens (tertiary/aromatic N) is 1. The highest BCUT2D eigenvalue weighted by Gasteiger charge is 2.28. The molecular weight excluding hydrogens is 431 g/mol. The molecule has 0 amide bonds. The summed E-state index contributed by atoms with van der Waals surface area (Å²) in [4.78, 5) is 29.2. The average molecular weight is 457 g/mol. The van der Waals surface area contributed by atoms with Gasteiger partial charge >= 0.3 is 5.97 Å². The predicted molar refractivity (Wildman–Crippen MR) is 129 cm³/mol. The molecule has 2 aromatic carbocycles. The van der Waals surface area contributed by atoms with E-state index in [-0.39, 0.29) is 17.5 Å². The zero-order valence-electron chi connectivity index (χ0n) is 19.1. The number of nitrogens with one attached hydrogen (secondary N) is 1. The van der Waals surface area contributed by atoms with Crippen molar-refractivity contribution >= 4 is 5.97 Å². The third kappa shape index (κ3) is 4.07. The Balaban J connectivity index is 1.66. The van der Waals surface area contributed by atoms with Crippen LogP contribution in [0.2, 0.25) is 0 Å². The number of pyridine rings is 1. The highest BCUT2D eigenvalue weighted by Crippen LogP contribution is 2.36. The molecule has 4 aromatic rings. The first-order chi connectivity index (χ1) is 16.4. The molecule has 0 saturated heterocycles. The lowest BCUT2D eigenvalue weighted by atomic mass is 9.92. The molecule has 0 radical (unpaired) electrons. The second kappa shape index (κ2) is 8.78. The summed E-state index contributed by atoms with van der Waals surface area (Å²) in [5.41, 5.74) is 6.09. The number of hydrogen-bond donors (Lipinski definition) is 1. The van der Waals surface area contributed by atoms with Crippen LogP contribution < -0.4 is 5.56 Å². The first-order valence-electron chi connectivity index (χ1n) is 11.4. The Morgan fingerprint density at radius 3 is 2.44 bits per heavy atom. The van der Waals surface area contributed by atoms with E-state index in [4.69, 9.17) is 4.74 Å². The summed E-state index contributed by atoms with van der Waals surface area (Å²) in [5, 5.41) is 0. The molecule has 0 saturated carbocycles. The number of aromatic nitrogens is 2. The second-order valence-electron chi connectivity index (χ2n) is 8.85. The Kier molecular flexibility index (Phi) is 5.65. The van der Waals surface area contributed by atoms with Crippen LogP contribution in [0.4, 0.5) is 4.39 Å². The van der Waals surface area contributed by atoms with Gasteiger partial charge in [-0.05, 0) is 73.2 Å². The lowest BCUT2D eigenvalue weighted by Crippen LogP contribution is -2.20. The number of fused-ring (bicyclic) bond motifs is 3. The smallest absolute Gasteiger partial charge is 0.355 e. The number of ether oxygens (including phenoxy) is 1. The number of hydrogen-bond acceptors (Lipinski definition) is 3. The quantitative estimate of drug-likeness (QED) is 0.411. The number of carbonyl (C=O) groups excluding carboxylic acids is 1. The fourth-order valence-electron chi connectivity index (χ4n) is 4.55. The Morgan fingerprint density at radius 2 is 1.74 bits per heavy atom. The van der Waals surface area contributed by atoms with Crippen LogP contribution in [-0.4, -0.2) is 21.6 Å². The van der Waals surface area contributed by atoms with Gasteiger partial charge in [0.1, 0.15) is 11.5 Å². The number of carbonyl (C=O) groups is 1. The standard InChI is InChI=1S/C28H25FN2O3/c1-17(2)34-28(33)24-15-21-11-10-20-14-23(19-6-4-3-5-7-19)27(32)30-25(20)26(21)31(24)16-18-8-12-22(29)13-9-18/h3-9,12-15,17H,10-11,16H2,1-2H3,(H,30,32). The minimum absolute atomic E-state index is 0.182. The van der Waals surface area contributed by atoms with Gasteiger partial charge in [0.05, 0.1) is 17.5 Å². The van der Waals surface area contributed by atoms with Gasteiger partial charge < -0.3 is 14.3 Å². The van der Waals surface area contributed by atoms with Gasteiger partial charge in [0.15, 0.2) is 0 Å². The summed E-state index contributed by atoms with van der Waals surface area (Å²) >= 11 is 0. The number of aromatic amines is 1. The molecule has 1 N–H and O–H groups in total. The maximum atomic E-state index is 13.5. The topological polar surface area (TPSA) is 64.1 Å². The van der Waals surface area contributed by atoms with Crippen LogP contribution in [0, 0.1) is 5.82 Å². The van der Waals surface area contributed by atoms with E-state index < -0.39 is 5.97 Å². The number of H-pyrrole nitrogens is 1. The number of rotatable bonds is 5. The van der Waals surface area contributed by atoms with Gasteiger partial charge in [0.2, 0.25) is 0 Å². The van der Waals surface area contributed by atoms with Gasteiger partial charge in [-0.25, -0.2) is 9.18 Å². The second-order valence-corrected chi connectivity index (χ2v) is 8.85. The van der Waals surface area contributed by atoms with Crippen molar-refractivity contribution in [1.29, 1.82) is 0 Å². The first-order valence-corrected chi connectivity index (χ1v) is 11.4. The molecule has 172 valence electrons. The van der Waals surface area contributed by atoms with Crippen LogP contribution in [0.3, 0.4) is 0 Å². The van der Waals surface area contributed by atoms with Gasteiger partial charge in [-0.15, -0.1) is 0 Å². The predicted octanol–water partition coefficient (Wildman–Crippen LogP) is 5.36. The molecule has 0 atom stereocenters. The number of esters is 1. The van der Waals surface area contributed by atoms with Crippen molar-refractivity contribution in [2.24, 2.45) is 0 Å². The molecule has 34 heavy (non-hydrogen) atoms. The fraction of sp³-hybridized carbons (Fsp3) is 0.214. The number of benzene rings is 2. The van der Waals surface area contributed by atoms with Crippen molar-refractivity contribution in [2.45, 2.75) is 39.3 Å². The first kappa shape index (κ1) is 21.9. The van der Waals surface area contributed by atoms with Crippen LogP contribution >= 0.6 is 0 Å². The molecular formula is C28H25FN2O3. The molecule has 0 spiro atoms. The van der Waals surface area contributed by atoms with Crippen LogP contribution in [0.1, 0.15) is 41.0 Å². The van der Waals surface area contributed by atoms with Gasteiger partial charge in [-0.1, -0.05) is 42.5 Å². The fourth-order valence-corrected chi connectivity index (χ4v) is 4.55. The summed E-state index contributed by atoms with van der Waals surface area (Å²) in [6, 6.07) is 19.6. The summed E-state index contributed by atoms with van der Waals surface area (Å²) in [7, 11) is 0. The lowest BCUT2D eigenvalue weighted by Gasteiger charge is -2.21. The third-order valence-corrected chi connectivity index (χ3v) is 6.09. The average Bonchev–Trinajstić information content (AvgIpc) is 3.19. The minimum Gasteiger partial charge on any atom is -0.458 e. The van der Waals surface area contributed by atoms with Crippen molar-refractivity contribution in [2.75, 3.05) is 0 Å². The Hall–Kier alpha value is -3.93. The molecule has 0 unspecified atom stereocenters. The van der Waals surface area contributed by atoms with E-state index in [2.05, 4.69) is 4.98 Å². The maximum Gasteiger partial charge on any atom is 0.355 e. The summed E-state index contributed by atoms with van der Waals surface area (Å²) in [5.74, 6) is -0.739. The molecule has 0 bridgehead atoms. The number of aryl methyl sites for hydroxylation is 2. The van der Waals surface area contributed by atoms with Gasteiger partial charge in [-0.2, -0.15) is 0 Å². The minimum atomic E-state index is -0.420. The normalized spacial score (nSPS) is 12.4. The van der Waals surface area contributed by atoms with E-state index in [0.717, 1.165) is 46.5 Å². The van der Waals surface area contributed by atoms with Crippen molar-refractivity contribution in [1.82, 2.24) is 9.55 Å². The zero-order valence-corrected chi connectivity index (χ0v) is 19.1.